The molecule has 0 aromatic heterocycles. The van der Waals surface area contributed by atoms with E-state index in [1.165, 1.54) is 5.90 Å². The van der Waals surface area contributed by atoms with Crippen LogP contribution in [0.25, 0.3) is 0 Å². The van der Waals surface area contributed by atoms with Crippen molar-refractivity contribution >= 4 is 15.8 Å². The molecule has 0 atom stereocenters. The second-order valence-corrected chi connectivity index (χ2v) is 17.4. The fourth-order valence-corrected chi connectivity index (χ4v) is 10.2. The Morgan fingerprint density at radius 1 is 0.429 bits per heavy atom. The maximum atomic E-state index is 2.89. The standard InChI is InChI=1S/2C10H20.C6H5.C5H14P2.2Ir/c2*1-6-7(2)9(4)10(5)8(6)3;1-2-4-6-5-3-1;1-6(2)5-7(3)4;;/h2*6-10H,1-5H3;1-5H;5H2,1-4H3;;/q;;-1;;;. The van der Waals surface area contributed by atoms with Crippen LogP contribution in [0.2, 0.25) is 0 Å². The van der Waals surface area contributed by atoms with Crippen LogP contribution in [0.1, 0.15) is 69.2 Å². The molecule has 2 fully saturated rings. The number of hydrogen-bond acceptors (Lipinski definition) is 0. The van der Waals surface area contributed by atoms with E-state index in [9.17, 15) is 0 Å². The third-order valence-corrected chi connectivity index (χ3v) is 14.0. The van der Waals surface area contributed by atoms with Crippen molar-refractivity contribution in [2.75, 3.05) is 32.6 Å². The van der Waals surface area contributed by atoms with E-state index in [1.807, 2.05) is 30.3 Å². The van der Waals surface area contributed by atoms with E-state index in [0.717, 1.165) is 59.2 Å². The molecule has 35 heavy (non-hydrogen) atoms. The summed E-state index contributed by atoms with van der Waals surface area (Å²) in [4.78, 5) is 0. The van der Waals surface area contributed by atoms with Gasteiger partial charge in [0, 0.05) is 40.2 Å². The average molecular weight is 878 g/mol. The molecule has 0 unspecified atom stereocenters. The summed E-state index contributed by atoms with van der Waals surface area (Å²) < 4.78 is 0. The van der Waals surface area contributed by atoms with Crippen molar-refractivity contribution in [3.05, 3.63) is 36.4 Å². The zero-order valence-corrected chi connectivity index (χ0v) is 32.0. The van der Waals surface area contributed by atoms with E-state index in [-0.39, 0.29) is 40.2 Å². The van der Waals surface area contributed by atoms with Crippen molar-refractivity contribution in [2.24, 2.45) is 59.2 Å². The predicted molar refractivity (Wildman–Crippen MR) is 159 cm³/mol. The summed E-state index contributed by atoms with van der Waals surface area (Å²) in [6, 6.07) is 12.5. The molecule has 0 spiro atoms. The van der Waals surface area contributed by atoms with Gasteiger partial charge in [-0.3, -0.25) is 0 Å². The minimum absolute atomic E-state index is 0. The van der Waals surface area contributed by atoms with Crippen molar-refractivity contribution in [3.8, 4) is 0 Å². The van der Waals surface area contributed by atoms with Crippen LogP contribution in [0.3, 0.4) is 0 Å². The van der Waals surface area contributed by atoms with Crippen LogP contribution in [-0.2, 0) is 40.2 Å². The summed E-state index contributed by atoms with van der Waals surface area (Å²) in [7, 11) is 0.778. The zero-order valence-electron chi connectivity index (χ0n) is 25.4. The van der Waals surface area contributed by atoms with Gasteiger partial charge >= 0.3 is 0 Å². The van der Waals surface area contributed by atoms with E-state index in [1.54, 1.807) is 0 Å². The molecule has 3 rings (SSSR count). The van der Waals surface area contributed by atoms with Gasteiger partial charge in [0.25, 0.3) is 0 Å². The van der Waals surface area contributed by atoms with Gasteiger partial charge in [-0.05, 0) is 91.7 Å². The quantitative estimate of drug-likeness (QED) is 0.205. The Bertz CT molecular complexity index is 443. The van der Waals surface area contributed by atoms with Crippen LogP contribution in [-0.4, -0.2) is 32.6 Å². The molecule has 2 aliphatic rings. The Morgan fingerprint density at radius 2 is 0.629 bits per heavy atom. The molecule has 2 aliphatic carbocycles. The molecule has 4 heteroatoms. The summed E-state index contributed by atoms with van der Waals surface area (Å²) in [5, 5.41) is 0. The maximum absolute atomic E-state index is 2.89. The van der Waals surface area contributed by atoms with Crippen molar-refractivity contribution in [1.82, 2.24) is 0 Å². The van der Waals surface area contributed by atoms with E-state index in [4.69, 9.17) is 0 Å². The van der Waals surface area contributed by atoms with Gasteiger partial charge in [0.05, 0.1) is 0 Å². The summed E-state index contributed by atoms with van der Waals surface area (Å²) >= 11 is 0. The molecule has 0 saturated heterocycles. The fraction of sp³-hybridized carbons (Fsp3) is 0.806. The molecule has 0 amide bonds. The molecule has 0 heterocycles. The average Bonchev–Trinajstić information content (AvgIpc) is 3.05. The zero-order chi connectivity index (χ0) is 25.9. The number of hydrogen-bond donors (Lipinski definition) is 0. The Hall–Kier alpha value is 1.38. The van der Waals surface area contributed by atoms with Gasteiger partial charge in [-0.15, -0.1) is 15.8 Å². The van der Waals surface area contributed by atoms with Crippen LogP contribution in [0, 0.1) is 65.2 Å². The first-order valence-electron chi connectivity index (χ1n) is 13.4. The van der Waals surface area contributed by atoms with E-state index in [2.05, 4.69) is 102 Å². The van der Waals surface area contributed by atoms with Crippen LogP contribution in [0.4, 0.5) is 0 Å². The van der Waals surface area contributed by atoms with Gasteiger partial charge in [-0.2, -0.15) is 36.4 Å². The van der Waals surface area contributed by atoms with Crippen LogP contribution >= 0.6 is 15.8 Å². The topological polar surface area (TPSA) is 0 Å². The molecule has 1 aromatic carbocycles. The Morgan fingerprint density at radius 3 is 0.686 bits per heavy atom. The largest absolute Gasteiger partial charge is 0.184 e. The molecule has 212 valence electrons. The van der Waals surface area contributed by atoms with E-state index >= 15 is 0 Å². The number of rotatable bonds is 2. The fourth-order valence-electron chi connectivity index (χ4n) is 5.70. The second kappa shape index (κ2) is 21.2. The molecule has 0 nitrogen and oxygen atoms in total. The van der Waals surface area contributed by atoms with Gasteiger partial charge in [-0.25, -0.2) is 0 Å². The van der Waals surface area contributed by atoms with Gasteiger partial charge in [0.2, 0.25) is 0 Å². The van der Waals surface area contributed by atoms with Crippen molar-refractivity contribution in [3.63, 3.8) is 0 Å². The summed E-state index contributed by atoms with van der Waals surface area (Å²) in [6.45, 7) is 33.4. The van der Waals surface area contributed by atoms with Crippen LogP contribution < -0.4 is 0 Å². The smallest absolute Gasteiger partial charge is 0 e. The molecule has 0 bridgehead atoms. The summed E-state index contributed by atoms with van der Waals surface area (Å²) in [6.07, 6.45) is 0. The number of benzene rings is 1. The molecule has 0 aliphatic heterocycles. The minimum atomic E-state index is 0. The van der Waals surface area contributed by atoms with Crippen LogP contribution in [0.5, 0.6) is 0 Å². The third-order valence-electron chi connectivity index (χ3n) is 9.47. The van der Waals surface area contributed by atoms with Crippen molar-refractivity contribution in [1.29, 1.82) is 0 Å². The first kappa shape index (κ1) is 40.9. The van der Waals surface area contributed by atoms with Gasteiger partial charge < -0.3 is 0 Å². The molecule has 0 N–H and O–H groups in total. The Kier molecular flexibility index (Phi) is 24.8. The van der Waals surface area contributed by atoms with Crippen molar-refractivity contribution < 1.29 is 40.2 Å². The van der Waals surface area contributed by atoms with Crippen LogP contribution in [0.15, 0.2) is 30.3 Å². The first-order valence-corrected chi connectivity index (χ1v) is 18.3. The first-order chi connectivity index (χ1) is 15.2. The van der Waals surface area contributed by atoms with E-state index < -0.39 is 0 Å². The minimum Gasteiger partial charge on any atom is -0.184 e. The Balaban J connectivity index is -0.000000391. The molecular weight excluding hydrogens is 819 g/mol. The third kappa shape index (κ3) is 14.9. The van der Waals surface area contributed by atoms with Gasteiger partial charge in [-0.1, -0.05) is 69.2 Å². The van der Waals surface area contributed by atoms with Gasteiger partial charge in [0.15, 0.2) is 0 Å². The van der Waals surface area contributed by atoms with Gasteiger partial charge in [0.1, 0.15) is 0 Å². The predicted octanol–water partition coefficient (Wildman–Crippen LogP) is 10.3. The normalized spacial score (nSPS) is 35.3. The maximum Gasteiger partial charge on any atom is 0 e. The van der Waals surface area contributed by atoms with Crippen molar-refractivity contribution in [2.45, 2.75) is 69.2 Å². The molecular formula is C31H59Ir2P2-. The summed E-state index contributed by atoms with van der Waals surface area (Å²) in [5.41, 5.74) is 0. The van der Waals surface area contributed by atoms with E-state index in [0.29, 0.717) is 15.8 Å². The summed E-state index contributed by atoms with van der Waals surface area (Å²) in [5.74, 6) is 10.8. The Labute approximate surface area is 252 Å². The molecule has 2 saturated carbocycles. The molecule has 2 radical (unpaired) electrons. The monoisotopic (exact) mass is 879 g/mol. The second-order valence-electron chi connectivity index (χ2n) is 12.0. The SMILES string of the molecule is CC1C(C)C(C)C(C)C1C.CC1C(C)C(C)C(C)C1C.CP(C)CP(C)C.[Ir].[Ir].[c-]1ccccc1. The molecule has 1 aromatic rings.